The zero-order valence-electron chi connectivity index (χ0n) is 16.9. The maximum Gasteiger partial charge on any atom is 0.261 e. The molecule has 1 atom stereocenters. The van der Waals surface area contributed by atoms with Crippen LogP contribution in [-0.4, -0.2) is 42.0 Å². The second-order valence-corrected chi connectivity index (χ2v) is 6.20. The summed E-state index contributed by atoms with van der Waals surface area (Å²) in [5, 5.41) is 10.8. The summed E-state index contributed by atoms with van der Waals surface area (Å²) in [6, 6.07) is 7.80. The van der Waals surface area contributed by atoms with E-state index in [1.807, 2.05) is 45.0 Å². The lowest BCUT2D eigenvalue weighted by atomic mass is 10.1. The molecule has 2 heterocycles. The Balaban J connectivity index is 0.00000136. The lowest BCUT2D eigenvalue weighted by Gasteiger charge is -2.24. The van der Waals surface area contributed by atoms with Crippen LogP contribution in [0.3, 0.4) is 0 Å². The third kappa shape index (κ3) is 5.66. The second kappa shape index (κ2) is 11.2. The van der Waals surface area contributed by atoms with E-state index in [1.165, 1.54) is 0 Å². The minimum absolute atomic E-state index is 0.0975. The molecule has 1 saturated heterocycles. The predicted octanol–water partition coefficient (Wildman–Crippen LogP) is 3.37. The van der Waals surface area contributed by atoms with Crippen molar-refractivity contribution in [2.24, 2.45) is 0 Å². The minimum Gasteiger partial charge on any atom is -0.494 e. The SMILES string of the molecule is CC.CCOc1ccccc1Cc1nc(NC2CCCOC2)c(C=N)c(=O)[nH]1. The maximum absolute atomic E-state index is 12.4. The molecule has 0 radical (unpaired) electrons. The van der Waals surface area contributed by atoms with Crippen LogP contribution in [0.25, 0.3) is 0 Å². The Morgan fingerprint density at radius 3 is 2.86 bits per heavy atom. The number of anilines is 1. The topological polar surface area (TPSA) is 100 Å². The zero-order valence-corrected chi connectivity index (χ0v) is 16.9. The molecule has 1 aliphatic rings. The van der Waals surface area contributed by atoms with E-state index < -0.39 is 0 Å². The van der Waals surface area contributed by atoms with Gasteiger partial charge in [-0.3, -0.25) is 4.79 Å². The number of ether oxygens (including phenoxy) is 2. The van der Waals surface area contributed by atoms with Gasteiger partial charge in [-0.2, -0.15) is 0 Å². The van der Waals surface area contributed by atoms with Gasteiger partial charge in [0, 0.05) is 24.8 Å². The highest BCUT2D eigenvalue weighted by atomic mass is 16.5. The van der Waals surface area contributed by atoms with E-state index in [-0.39, 0.29) is 17.2 Å². The van der Waals surface area contributed by atoms with Gasteiger partial charge in [0.1, 0.15) is 17.4 Å². The summed E-state index contributed by atoms with van der Waals surface area (Å²) in [6.07, 6.45) is 3.40. The summed E-state index contributed by atoms with van der Waals surface area (Å²) in [5.41, 5.74) is 0.864. The first kappa shape index (κ1) is 21.6. The van der Waals surface area contributed by atoms with Crippen LogP contribution in [0.15, 0.2) is 29.1 Å². The molecular formula is C21H30N4O3. The standard InChI is InChI=1S/C19H24N4O3.C2H6/c1-2-26-16-8-4-3-6-13(16)10-17-22-18(15(11-20)19(24)23-17)21-14-7-5-9-25-12-14;1-2/h3-4,6,8,11,14,20H,2,5,7,9-10,12H2,1H3,(H2,21,22,23,24);1-2H3. The van der Waals surface area contributed by atoms with Crippen LogP contribution in [0.2, 0.25) is 0 Å². The molecule has 7 nitrogen and oxygen atoms in total. The van der Waals surface area contributed by atoms with Gasteiger partial charge in [0.25, 0.3) is 5.56 Å². The summed E-state index contributed by atoms with van der Waals surface area (Å²) in [4.78, 5) is 19.7. The fourth-order valence-electron chi connectivity index (χ4n) is 3.03. The molecule has 1 unspecified atom stereocenters. The first-order valence-electron chi connectivity index (χ1n) is 9.90. The highest BCUT2D eigenvalue weighted by Gasteiger charge is 2.18. The van der Waals surface area contributed by atoms with Crippen LogP contribution in [0, 0.1) is 5.41 Å². The van der Waals surface area contributed by atoms with Crippen molar-refractivity contribution < 1.29 is 9.47 Å². The normalized spacial score (nSPS) is 15.9. The summed E-state index contributed by atoms with van der Waals surface area (Å²) in [7, 11) is 0. The van der Waals surface area contributed by atoms with Gasteiger partial charge in [0.05, 0.1) is 24.8 Å². The smallest absolute Gasteiger partial charge is 0.261 e. The van der Waals surface area contributed by atoms with Crippen LogP contribution < -0.4 is 15.6 Å². The summed E-state index contributed by atoms with van der Waals surface area (Å²) < 4.78 is 11.1. The third-order valence-corrected chi connectivity index (χ3v) is 4.28. The van der Waals surface area contributed by atoms with Gasteiger partial charge in [-0.1, -0.05) is 32.0 Å². The van der Waals surface area contributed by atoms with E-state index >= 15 is 0 Å². The van der Waals surface area contributed by atoms with Gasteiger partial charge < -0.3 is 25.2 Å². The van der Waals surface area contributed by atoms with Crippen molar-refractivity contribution in [3.63, 3.8) is 0 Å². The van der Waals surface area contributed by atoms with Gasteiger partial charge in [-0.25, -0.2) is 4.98 Å². The molecular weight excluding hydrogens is 356 g/mol. The Labute approximate surface area is 166 Å². The minimum atomic E-state index is -0.321. The molecule has 28 heavy (non-hydrogen) atoms. The average Bonchev–Trinajstić information content (AvgIpc) is 2.72. The number of rotatable bonds is 7. The lowest BCUT2D eigenvalue weighted by Crippen LogP contribution is -2.32. The Hall–Kier alpha value is -2.67. The number of nitrogens with zero attached hydrogens (tertiary/aromatic N) is 1. The number of nitrogens with one attached hydrogen (secondary N) is 3. The van der Waals surface area contributed by atoms with E-state index in [4.69, 9.17) is 14.9 Å². The van der Waals surface area contributed by atoms with Crippen LogP contribution in [0.1, 0.15) is 50.6 Å². The van der Waals surface area contributed by atoms with Gasteiger partial charge in [-0.05, 0) is 25.8 Å². The van der Waals surface area contributed by atoms with Crippen molar-refractivity contribution in [2.45, 2.75) is 46.1 Å². The number of hydrogen-bond donors (Lipinski definition) is 3. The Morgan fingerprint density at radius 2 is 2.18 bits per heavy atom. The average molecular weight is 386 g/mol. The molecule has 0 bridgehead atoms. The van der Waals surface area contributed by atoms with Crippen molar-refractivity contribution in [1.82, 2.24) is 9.97 Å². The quantitative estimate of drug-likeness (QED) is 0.634. The Morgan fingerprint density at radius 1 is 1.39 bits per heavy atom. The highest BCUT2D eigenvalue weighted by molar-refractivity contribution is 5.83. The molecule has 1 aliphatic heterocycles. The van der Waals surface area contributed by atoms with Crippen LogP contribution in [-0.2, 0) is 11.2 Å². The molecule has 1 aromatic heterocycles. The third-order valence-electron chi connectivity index (χ3n) is 4.28. The number of para-hydroxylation sites is 1. The first-order valence-corrected chi connectivity index (χ1v) is 9.90. The van der Waals surface area contributed by atoms with E-state index in [0.29, 0.717) is 31.3 Å². The number of aromatic amines is 1. The highest BCUT2D eigenvalue weighted by Crippen LogP contribution is 2.21. The largest absolute Gasteiger partial charge is 0.494 e. The molecule has 2 aromatic rings. The van der Waals surface area contributed by atoms with Crippen LogP contribution in [0.5, 0.6) is 5.75 Å². The summed E-state index contributed by atoms with van der Waals surface area (Å²) in [5.74, 6) is 1.75. The number of benzene rings is 1. The molecule has 152 valence electrons. The maximum atomic E-state index is 12.4. The predicted molar refractivity (Wildman–Crippen MR) is 112 cm³/mol. The second-order valence-electron chi connectivity index (χ2n) is 6.20. The fraction of sp³-hybridized carbons (Fsp3) is 0.476. The van der Waals surface area contributed by atoms with Crippen molar-refractivity contribution in [3.05, 3.63) is 51.6 Å². The first-order chi connectivity index (χ1) is 13.7. The van der Waals surface area contributed by atoms with Crippen molar-refractivity contribution in [1.29, 1.82) is 5.41 Å². The van der Waals surface area contributed by atoms with E-state index in [9.17, 15) is 4.79 Å². The van der Waals surface area contributed by atoms with Crippen molar-refractivity contribution >= 4 is 12.0 Å². The molecule has 1 fully saturated rings. The van der Waals surface area contributed by atoms with Crippen molar-refractivity contribution in [3.8, 4) is 5.75 Å². The molecule has 0 aliphatic carbocycles. The summed E-state index contributed by atoms with van der Waals surface area (Å²) >= 11 is 0. The Kier molecular flexibility index (Phi) is 8.68. The Bertz CT molecular complexity index is 814. The molecule has 7 heteroatoms. The number of hydrogen-bond acceptors (Lipinski definition) is 6. The van der Waals surface area contributed by atoms with E-state index in [0.717, 1.165) is 37.0 Å². The molecule has 0 saturated carbocycles. The zero-order chi connectivity index (χ0) is 20.4. The van der Waals surface area contributed by atoms with Crippen LogP contribution >= 0.6 is 0 Å². The van der Waals surface area contributed by atoms with E-state index in [2.05, 4.69) is 15.3 Å². The van der Waals surface area contributed by atoms with Crippen molar-refractivity contribution in [2.75, 3.05) is 25.1 Å². The van der Waals surface area contributed by atoms with E-state index in [1.54, 1.807) is 0 Å². The molecule has 3 N–H and O–H groups in total. The van der Waals surface area contributed by atoms with Gasteiger partial charge in [0.2, 0.25) is 0 Å². The molecule has 1 aromatic carbocycles. The number of H-pyrrole nitrogens is 1. The molecule has 0 spiro atoms. The fourth-order valence-corrected chi connectivity index (χ4v) is 3.03. The number of aromatic nitrogens is 2. The lowest BCUT2D eigenvalue weighted by molar-refractivity contribution is 0.0875. The summed E-state index contributed by atoms with van der Waals surface area (Å²) in [6.45, 7) is 7.85. The van der Waals surface area contributed by atoms with Gasteiger partial charge in [-0.15, -0.1) is 0 Å². The van der Waals surface area contributed by atoms with Crippen LogP contribution in [0.4, 0.5) is 5.82 Å². The molecule has 3 rings (SSSR count). The van der Waals surface area contributed by atoms with Gasteiger partial charge >= 0.3 is 0 Å². The monoisotopic (exact) mass is 386 g/mol. The molecule has 0 amide bonds. The van der Waals surface area contributed by atoms with Gasteiger partial charge in [0.15, 0.2) is 0 Å².